The molecular weight excluding hydrogens is 228 g/mol. The van der Waals surface area contributed by atoms with E-state index in [1.807, 2.05) is 18.2 Å². The molecule has 0 unspecified atom stereocenters. The maximum absolute atomic E-state index is 11.6. The SMILES string of the molecule is CCCCC(=O)Nc1ccc2c(c1)CCC(=O)N2. The predicted molar refractivity (Wildman–Crippen MR) is 71.5 cm³/mol. The highest BCUT2D eigenvalue weighted by atomic mass is 16.2. The van der Waals surface area contributed by atoms with Gasteiger partial charge >= 0.3 is 0 Å². The number of nitrogens with one attached hydrogen (secondary N) is 2. The van der Waals surface area contributed by atoms with Crippen LogP contribution in [-0.4, -0.2) is 11.8 Å². The summed E-state index contributed by atoms with van der Waals surface area (Å²) in [5.74, 6) is 0.110. The topological polar surface area (TPSA) is 58.2 Å². The molecule has 2 N–H and O–H groups in total. The fourth-order valence-corrected chi connectivity index (χ4v) is 2.02. The van der Waals surface area contributed by atoms with E-state index in [1.165, 1.54) is 0 Å². The zero-order chi connectivity index (χ0) is 13.0. The van der Waals surface area contributed by atoms with Crippen LogP contribution < -0.4 is 10.6 Å². The highest BCUT2D eigenvalue weighted by Crippen LogP contribution is 2.25. The molecule has 0 radical (unpaired) electrons. The van der Waals surface area contributed by atoms with Crippen molar-refractivity contribution in [2.45, 2.75) is 39.0 Å². The smallest absolute Gasteiger partial charge is 0.224 e. The number of benzene rings is 1. The fraction of sp³-hybridized carbons (Fsp3) is 0.429. The summed E-state index contributed by atoms with van der Waals surface area (Å²) in [6.07, 6.45) is 3.74. The van der Waals surface area contributed by atoms with Gasteiger partial charge in [-0.2, -0.15) is 0 Å². The first kappa shape index (κ1) is 12.6. The molecule has 2 rings (SSSR count). The average molecular weight is 246 g/mol. The Hall–Kier alpha value is -1.84. The lowest BCUT2D eigenvalue weighted by Crippen LogP contribution is -2.19. The molecule has 0 aromatic heterocycles. The third kappa shape index (κ3) is 3.09. The van der Waals surface area contributed by atoms with Crippen LogP contribution in [0.15, 0.2) is 18.2 Å². The molecule has 2 amide bonds. The number of anilines is 2. The lowest BCUT2D eigenvalue weighted by molar-refractivity contribution is -0.117. The number of carbonyl (C=O) groups is 2. The van der Waals surface area contributed by atoms with Crippen molar-refractivity contribution in [2.75, 3.05) is 10.6 Å². The van der Waals surface area contributed by atoms with Crippen molar-refractivity contribution in [2.24, 2.45) is 0 Å². The number of unbranched alkanes of at least 4 members (excludes halogenated alkanes) is 1. The quantitative estimate of drug-likeness (QED) is 0.858. The number of carbonyl (C=O) groups excluding carboxylic acids is 2. The number of amides is 2. The van der Waals surface area contributed by atoms with E-state index in [-0.39, 0.29) is 11.8 Å². The van der Waals surface area contributed by atoms with Crippen LogP contribution >= 0.6 is 0 Å². The van der Waals surface area contributed by atoms with Gasteiger partial charge in [-0.3, -0.25) is 9.59 Å². The van der Waals surface area contributed by atoms with E-state index in [1.54, 1.807) is 0 Å². The monoisotopic (exact) mass is 246 g/mol. The number of hydrogen-bond donors (Lipinski definition) is 2. The molecule has 0 atom stereocenters. The minimum atomic E-state index is 0.0524. The molecule has 1 aliphatic heterocycles. The van der Waals surface area contributed by atoms with Crippen LogP contribution in [0, 0.1) is 0 Å². The Kier molecular flexibility index (Phi) is 3.97. The van der Waals surface area contributed by atoms with Crippen molar-refractivity contribution in [3.63, 3.8) is 0 Å². The molecule has 0 bridgehead atoms. The van der Waals surface area contributed by atoms with E-state index in [0.717, 1.165) is 36.2 Å². The Morgan fingerprint density at radius 1 is 1.39 bits per heavy atom. The summed E-state index contributed by atoms with van der Waals surface area (Å²) >= 11 is 0. The largest absolute Gasteiger partial charge is 0.326 e. The first-order valence-electron chi connectivity index (χ1n) is 6.41. The molecule has 4 heteroatoms. The van der Waals surface area contributed by atoms with Crippen LogP contribution in [0.3, 0.4) is 0 Å². The first-order valence-corrected chi connectivity index (χ1v) is 6.41. The van der Waals surface area contributed by atoms with Crippen molar-refractivity contribution in [1.82, 2.24) is 0 Å². The maximum Gasteiger partial charge on any atom is 0.224 e. The highest BCUT2D eigenvalue weighted by molar-refractivity contribution is 5.95. The molecule has 18 heavy (non-hydrogen) atoms. The molecule has 1 heterocycles. The standard InChI is InChI=1S/C14H18N2O2/c1-2-3-4-13(17)15-11-6-7-12-10(9-11)5-8-14(18)16-12/h6-7,9H,2-5,8H2,1H3,(H,15,17)(H,16,18). The highest BCUT2D eigenvalue weighted by Gasteiger charge is 2.15. The summed E-state index contributed by atoms with van der Waals surface area (Å²) in [7, 11) is 0. The molecular formula is C14H18N2O2. The van der Waals surface area contributed by atoms with Crippen molar-refractivity contribution in [3.8, 4) is 0 Å². The Morgan fingerprint density at radius 2 is 2.22 bits per heavy atom. The van der Waals surface area contributed by atoms with Gasteiger partial charge in [-0.05, 0) is 36.6 Å². The zero-order valence-electron chi connectivity index (χ0n) is 10.6. The molecule has 96 valence electrons. The Morgan fingerprint density at radius 3 is 3.00 bits per heavy atom. The summed E-state index contributed by atoms with van der Waals surface area (Å²) < 4.78 is 0. The molecule has 0 saturated carbocycles. The van der Waals surface area contributed by atoms with Crippen LogP contribution in [0.2, 0.25) is 0 Å². The second-order valence-corrected chi connectivity index (χ2v) is 4.57. The van der Waals surface area contributed by atoms with Crippen LogP contribution in [0.25, 0.3) is 0 Å². The minimum absolute atomic E-state index is 0.0524. The Balaban J connectivity index is 2.03. The Labute approximate surface area is 107 Å². The van der Waals surface area contributed by atoms with E-state index >= 15 is 0 Å². The minimum Gasteiger partial charge on any atom is -0.326 e. The molecule has 1 aromatic carbocycles. The third-order valence-corrected chi connectivity index (χ3v) is 3.04. The van der Waals surface area contributed by atoms with E-state index in [4.69, 9.17) is 0 Å². The van der Waals surface area contributed by atoms with E-state index in [9.17, 15) is 9.59 Å². The molecule has 0 saturated heterocycles. The summed E-state index contributed by atoms with van der Waals surface area (Å²) in [5.41, 5.74) is 2.76. The molecule has 0 aliphatic carbocycles. The molecule has 1 aliphatic rings. The lowest BCUT2D eigenvalue weighted by Gasteiger charge is -2.17. The average Bonchev–Trinajstić information content (AvgIpc) is 2.36. The molecule has 1 aromatic rings. The van der Waals surface area contributed by atoms with Gasteiger partial charge in [-0.1, -0.05) is 13.3 Å². The summed E-state index contributed by atoms with van der Waals surface area (Å²) in [6.45, 7) is 2.06. The van der Waals surface area contributed by atoms with Gasteiger partial charge in [-0.15, -0.1) is 0 Å². The van der Waals surface area contributed by atoms with Gasteiger partial charge in [-0.25, -0.2) is 0 Å². The summed E-state index contributed by atoms with van der Waals surface area (Å²) in [6, 6.07) is 5.62. The van der Waals surface area contributed by atoms with Gasteiger partial charge in [0.1, 0.15) is 0 Å². The fourth-order valence-electron chi connectivity index (χ4n) is 2.02. The van der Waals surface area contributed by atoms with Crippen LogP contribution in [-0.2, 0) is 16.0 Å². The first-order chi connectivity index (χ1) is 8.69. The molecule has 0 spiro atoms. The Bertz CT molecular complexity index is 469. The second-order valence-electron chi connectivity index (χ2n) is 4.57. The van der Waals surface area contributed by atoms with Crippen LogP contribution in [0.1, 0.15) is 38.2 Å². The van der Waals surface area contributed by atoms with Crippen LogP contribution in [0.4, 0.5) is 11.4 Å². The maximum atomic E-state index is 11.6. The van der Waals surface area contributed by atoms with E-state index in [0.29, 0.717) is 12.8 Å². The third-order valence-electron chi connectivity index (χ3n) is 3.04. The molecule has 4 nitrogen and oxygen atoms in total. The summed E-state index contributed by atoms with van der Waals surface area (Å²) in [4.78, 5) is 22.8. The number of hydrogen-bond acceptors (Lipinski definition) is 2. The van der Waals surface area contributed by atoms with E-state index in [2.05, 4.69) is 17.6 Å². The normalized spacial score (nSPS) is 13.7. The number of rotatable bonds is 4. The summed E-state index contributed by atoms with van der Waals surface area (Å²) in [5, 5.41) is 5.71. The van der Waals surface area contributed by atoms with E-state index < -0.39 is 0 Å². The number of fused-ring (bicyclic) bond motifs is 1. The van der Waals surface area contributed by atoms with Crippen molar-refractivity contribution in [3.05, 3.63) is 23.8 Å². The number of aryl methyl sites for hydroxylation is 1. The van der Waals surface area contributed by atoms with Crippen molar-refractivity contribution in [1.29, 1.82) is 0 Å². The van der Waals surface area contributed by atoms with Crippen molar-refractivity contribution < 1.29 is 9.59 Å². The lowest BCUT2D eigenvalue weighted by atomic mass is 10.0. The van der Waals surface area contributed by atoms with Gasteiger partial charge in [0.05, 0.1) is 0 Å². The zero-order valence-corrected chi connectivity index (χ0v) is 10.6. The van der Waals surface area contributed by atoms with Gasteiger partial charge in [0.15, 0.2) is 0 Å². The van der Waals surface area contributed by atoms with Gasteiger partial charge in [0.25, 0.3) is 0 Å². The predicted octanol–water partition coefficient (Wildman–Crippen LogP) is 2.70. The van der Waals surface area contributed by atoms with Crippen LogP contribution in [0.5, 0.6) is 0 Å². The van der Waals surface area contributed by atoms with Gasteiger partial charge in [0.2, 0.25) is 11.8 Å². The second kappa shape index (κ2) is 5.67. The van der Waals surface area contributed by atoms with Crippen molar-refractivity contribution >= 4 is 23.2 Å². The van der Waals surface area contributed by atoms with Gasteiger partial charge < -0.3 is 10.6 Å². The van der Waals surface area contributed by atoms with Gasteiger partial charge in [0, 0.05) is 24.2 Å². The molecule has 0 fully saturated rings.